The van der Waals surface area contributed by atoms with Gasteiger partial charge in [0.15, 0.2) is 0 Å². The fraction of sp³-hybridized carbons (Fsp3) is 0.286. The van der Waals surface area contributed by atoms with E-state index in [0.29, 0.717) is 16.8 Å². The molecule has 3 rings (SSSR count). The molecule has 2 heterocycles. The Morgan fingerprint density at radius 1 is 1.23 bits per heavy atom. The van der Waals surface area contributed by atoms with E-state index in [0.717, 1.165) is 5.56 Å². The van der Waals surface area contributed by atoms with Crippen LogP contribution in [-0.2, 0) is 21.5 Å². The first-order valence-corrected chi connectivity index (χ1v) is 11.2. The number of pyridine rings is 1. The number of hydrogen-bond donors (Lipinski definition) is 4. The van der Waals surface area contributed by atoms with Crippen LogP contribution in [0.1, 0.15) is 30.2 Å². The van der Waals surface area contributed by atoms with E-state index in [9.17, 15) is 23.1 Å². The molecule has 0 spiro atoms. The highest BCUT2D eigenvalue weighted by molar-refractivity contribution is 7.87. The van der Waals surface area contributed by atoms with Gasteiger partial charge in [0.2, 0.25) is 5.56 Å². The first kappa shape index (κ1) is 22.4. The number of aliphatic carboxylic acids is 1. The molecule has 0 saturated heterocycles. The first-order chi connectivity index (χ1) is 14.7. The predicted molar refractivity (Wildman–Crippen MR) is 118 cm³/mol. The van der Waals surface area contributed by atoms with Gasteiger partial charge in [0, 0.05) is 35.7 Å². The van der Waals surface area contributed by atoms with Crippen molar-refractivity contribution in [2.24, 2.45) is 10.4 Å². The Morgan fingerprint density at radius 3 is 2.55 bits per heavy atom. The van der Waals surface area contributed by atoms with Gasteiger partial charge in [-0.05, 0) is 25.0 Å². The largest absolute Gasteiger partial charge is 0.480 e. The number of aliphatic imine (C=N–C) groups is 1. The fourth-order valence-electron chi connectivity index (χ4n) is 3.48. The quantitative estimate of drug-likeness (QED) is 0.489. The van der Waals surface area contributed by atoms with Crippen LogP contribution in [0.5, 0.6) is 0 Å². The smallest absolute Gasteiger partial charge is 0.317 e. The van der Waals surface area contributed by atoms with Crippen molar-refractivity contribution in [1.29, 1.82) is 0 Å². The predicted octanol–water partition coefficient (Wildman–Crippen LogP) is 1.58. The zero-order valence-electron chi connectivity index (χ0n) is 17.2. The van der Waals surface area contributed by atoms with E-state index in [2.05, 4.69) is 19.4 Å². The number of rotatable bonds is 8. The second-order valence-electron chi connectivity index (χ2n) is 7.27. The number of nitrogens with one attached hydrogen (secondary N) is 3. The number of aromatic nitrogens is 1. The van der Waals surface area contributed by atoms with Crippen LogP contribution in [0.2, 0.25) is 0 Å². The lowest BCUT2D eigenvalue weighted by atomic mass is 9.77. The molecule has 0 aliphatic carbocycles. The number of allylic oxidation sites excluding steroid dienone is 1. The highest BCUT2D eigenvalue weighted by Gasteiger charge is 2.45. The molecule has 10 heteroatoms. The summed E-state index contributed by atoms with van der Waals surface area (Å²) >= 11 is 0. The Balaban J connectivity index is 2.07. The van der Waals surface area contributed by atoms with Crippen LogP contribution in [-0.4, -0.2) is 37.2 Å². The minimum absolute atomic E-state index is 0.00760. The molecule has 1 aromatic heterocycles. The van der Waals surface area contributed by atoms with E-state index in [-0.39, 0.29) is 30.8 Å². The highest BCUT2D eigenvalue weighted by Crippen LogP contribution is 2.38. The van der Waals surface area contributed by atoms with Gasteiger partial charge in [-0.3, -0.25) is 19.3 Å². The van der Waals surface area contributed by atoms with Gasteiger partial charge in [0.05, 0.1) is 12.2 Å². The van der Waals surface area contributed by atoms with Gasteiger partial charge in [-0.1, -0.05) is 37.3 Å². The third-order valence-electron chi connectivity index (χ3n) is 5.29. The van der Waals surface area contributed by atoms with Crippen molar-refractivity contribution in [3.05, 3.63) is 75.3 Å². The van der Waals surface area contributed by atoms with Gasteiger partial charge in [-0.2, -0.15) is 13.1 Å². The van der Waals surface area contributed by atoms with Crippen LogP contribution in [0, 0.1) is 12.3 Å². The second-order valence-corrected chi connectivity index (χ2v) is 8.77. The molecule has 0 saturated carbocycles. The van der Waals surface area contributed by atoms with Crippen molar-refractivity contribution in [2.75, 3.05) is 6.54 Å². The average Bonchev–Trinajstić information content (AvgIpc) is 2.73. The van der Waals surface area contributed by atoms with Gasteiger partial charge in [0.25, 0.3) is 10.2 Å². The number of dihydropyridines is 1. The number of carboxylic acid groups (broad SMARTS) is 1. The third-order valence-corrected chi connectivity index (χ3v) is 6.29. The first-order valence-electron chi connectivity index (χ1n) is 9.68. The molecule has 1 atom stereocenters. The van der Waals surface area contributed by atoms with Crippen molar-refractivity contribution in [2.45, 2.75) is 26.8 Å². The lowest BCUT2D eigenvalue weighted by Crippen LogP contribution is -2.47. The number of H-pyrrole nitrogens is 1. The van der Waals surface area contributed by atoms with E-state index in [1.54, 1.807) is 38.1 Å². The molecule has 0 radical (unpaired) electrons. The summed E-state index contributed by atoms with van der Waals surface area (Å²) in [5.41, 5.74) is 0.143. The van der Waals surface area contributed by atoms with Crippen LogP contribution in [0.25, 0.3) is 5.57 Å². The van der Waals surface area contributed by atoms with Crippen LogP contribution < -0.4 is 15.0 Å². The highest BCUT2D eigenvalue weighted by atomic mass is 32.2. The van der Waals surface area contributed by atoms with E-state index in [1.807, 2.05) is 6.07 Å². The molecule has 164 valence electrons. The van der Waals surface area contributed by atoms with E-state index < -0.39 is 21.6 Å². The summed E-state index contributed by atoms with van der Waals surface area (Å²) in [6, 6.07) is 11.8. The summed E-state index contributed by atoms with van der Waals surface area (Å²) in [6.07, 6.45) is 1.55. The summed E-state index contributed by atoms with van der Waals surface area (Å²) in [6.45, 7) is 3.25. The lowest BCUT2D eigenvalue weighted by Gasteiger charge is -2.34. The molecule has 31 heavy (non-hydrogen) atoms. The maximum atomic E-state index is 12.9. The molecule has 1 aliphatic heterocycles. The third kappa shape index (κ3) is 4.75. The second kappa shape index (κ2) is 8.86. The summed E-state index contributed by atoms with van der Waals surface area (Å²) in [5.74, 6) is -1.19. The zero-order valence-corrected chi connectivity index (χ0v) is 18.0. The standard InChI is InChI=1S/C21H24N4O5S/c1-3-21(20(27)28)13-22-12-17(16-9-10-18(26)24-14(16)2)19(21)25-31(29,30)23-11-15-7-5-4-6-8-15/h4-10,12,23,25H,3,11,13H2,1-2H3,(H,24,26)(H,27,28)/t21-/m0/s1. The van der Waals surface area contributed by atoms with Crippen molar-refractivity contribution in [3.8, 4) is 0 Å². The fourth-order valence-corrected chi connectivity index (χ4v) is 4.48. The summed E-state index contributed by atoms with van der Waals surface area (Å²) in [7, 11) is -4.11. The number of aryl methyl sites for hydroxylation is 1. The van der Waals surface area contributed by atoms with Gasteiger partial charge in [-0.15, -0.1) is 0 Å². The minimum atomic E-state index is -4.11. The SMILES string of the molecule is CC[C@]1(C(=O)O)CN=CC(c2ccc(=O)[nH]c2C)=C1NS(=O)(=O)NCc1ccccc1. The Kier molecular flexibility index (Phi) is 6.42. The van der Waals surface area contributed by atoms with Gasteiger partial charge in [-0.25, -0.2) is 0 Å². The Labute approximate surface area is 180 Å². The maximum absolute atomic E-state index is 12.9. The Bertz CT molecular complexity index is 1200. The molecule has 0 amide bonds. The molecule has 4 N–H and O–H groups in total. The monoisotopic (exact) mass is 444 g/mol. The van der Waals surface area contributed by atoms with Gasteiger partial charge in [0.1, 0.15) is 5.41 Å². The molecule has 0 unspecified atom stereocenters. The molecule has 1 aliphatic rings. The van der Waals surface area contributed by atoms with Crippen LogP contribution in [0.4, 0.5) is 0 Å². The number of aromatic amines is 1. The molecule has 9 nitrogen and oxygen atoms in total. The number of carbonyl (C=O) groups is 1. The summed E-state index contributed by atoms with van der Waals surface area (Å²) in [5, 5.41) is 10.0. The number of hydrogen-bond acceptors (Lipinski definition) is 5. The molecule has 0 bridgehead atoms. The van der Waals surface area contributed by atoms with Gasteiger partial charge < -0.3 is 10.1 Å². The summed E-state index contributed by atoms with van der Waals surface area (Å²) in [4.78, 5) is 30.8. The zero-order chi connectivity index (χ0) is 22.6. The van der Waals surface area contributed by atoms with E-state index >= 15 is 0 Å². The molecule has 2 aromatic rings. The van der Waals surface area contributed by atoms with Crippen molar-refractivity contribution in [3.63, 3.8) is 0 Å². The topological polar surface area (TPSA) is 141 Å². The van der Waals surface area contributed by atoms with Crippen LogP contribution >= 0.6 is 0 Å². The molecular weight excluding hydrogens is 420 g/mol. The maximum Gasteiger partial charge on any atom is 0.317 e. The Hall–Kier alpha value is -3.24. The molecule has 0 fully saturated rings. The normalized spacial score (nSPS) is 18.8. The average molecular weight is 445 g/mol. The lowest BCUT2D eigenvalue weighted by molar-refractivity contribution is -0.146. The van der Waals surface area contributed by atoms with Crippen molar-refractivity contribution >= 4 is 28.0 Å². The van der Waals surface area contributed by atoms with E-state index in [1.165, 1.54) is 18.3 Å². The number of benzene rings is 1. The van der Waals surface area contributed by atoms with Crippen molar-refractivity contribution < 1.29 is 18.3 Å². The van der Waals surface area contributed by atoms with Crippen molar-refractivity contribution in [1.82, 2.24) is 14.4 Å². The van der Waals surface area contributed by atoms with Crippen LogP contribution in [0.3, 0.4) is 0 Å². The van der Waals surface area contributed by atoms with Crippen LogP contribution in [0.15, 0.2) is 57.9 Å². The number of carboxylic acids is 1. The van der Waals surface area contributed by atoms with Gasteiger partial charge >= 0.3 is 5.97 Å². The minimum Gasteiger partial charge on any atom is -0.480 e. The van der Waals surface area contributed by atoms with E-state index in [4.69, 9.17) is 0 Å². The molecular formula is C21H24N4O5S. The number of nitrogens with zero attached hydrogens (tertiary/aromatic N) is 1. The Morgan fingerprint density at radius 2 is 1.94 bits per heavy atom. The summed E-state index contributed by atoms with van der Waals surface area (Å²) < 4.78 is 30.6. The molecule has 1 aromatic carbocycles.